The van der Waals surface area contributed by atoms with Crippen LogP contribution in [0.2, 0.25) is 0 Å². The highest BCUT2D eigenvalue weighted by Crippen LogP contribution is 2.18. The first kappa shape index (κ1) is 11.9. The van der Waals surface area contributed by atoms with Crippen molar-refractivity contribution >= 4 is 0 Å². The second kappa shape index (κ2) is 5.69. The van der Waals surface area contributed by atoms with Gasteiger partial charge in [-0.1, -0.05) is 0 Å². The molecule has 2 rings (SSSR count). The van der Waals surface area contributed by atoms with Crippen LogP contribution in [0.1, 0.15) is 11.1 Å². The maximum atomic E-state index is 8.69. The zero-order valence-corrected chi connectivity index (χ0v) is 9.96. The van der Waals surface area contributed by atoms with Gasteiger partial charge in [-0.3, -0.25) is 0 Å². The summed E-state index contributed by atoms with van der Waals surface area (Å²) in [5.41, 5.74) is 1.49. The Balaban J connectivity index is 2.04. The largest absolute Gasteiger partial charge is 0.489 e. The first-order valence-corrected chi connectivity index (χ1v) is 5.44. The van der Waals surface area contributed by atoms with Gasteiger partial charge in [-0.05, 0) is 36.4 Å². The average molecular weight is 240 g/mol. The topological polar surface area (TPSA) is 55.1 Å². The molecule has 0 bridgehead atoms. The highest BCUT2D eigenvalue weighted by Gasteiger charge is 2.04. The van der Waals surface area contributed by atoms with Crippen LogP contribution in [-0.2, 0) is 6.61 Å². The third-order valence-corrected chi connectivity index (χ3v) is 2.42. The van der Waals surface area contributed by atoms with Crippen molar-refractivity contribution in [1.82, 2.24) is 4.98 Å². The van der Waals surface area contributed by atoms with E-state index in [0.717, 1.165) is 5.56 Å². The molecule has 18 heavy (non-hydrogen) atoms. The van der Waals surface area contributed by atoms with Gasteiger partial charge in [0.15, 0.2) is 0 Å². The number of aromatic nitrogens is 1. The molecule has 1 heterocycles. The molecular formula is C14H12N2O2. The van der Waals surface area contributed by atoms with Gasteiger partial charge in [-0.2, -0.15) is 5.26 Å². The molecule has 0 amide bonds. The summed E-state index contributed by atoms with van der Waals surface area (Å²) in [6.45, 7) is 0.378. The van der Waals surface area contributed by atoms with Crippen molar-refractivity contribution in [2.75, 3.05) is 7.11 Å². The fourth-order valence-electron chi connectivity index (χ4n) is 1.50. The molecule has 2 aromatic rings. The SMILES string of the molecule is COc1ncccc1COc1ccc(C#N)cc1. The summed E-state index contributed by atoms with van der Waals surface area (Å²) >= 11 is 0. The molecule has 0 fully saturated rings. The predicted octanol–water partition coefficient (Wildman–Crippen LogP) is 2.54. The van der Waals surface area contributed by atoms with Crippen LogP contribution >= 0.6 is 0 Å². The Morgan fingerprint density at radius 3 is 2.67 bits per heavy atom. The molecular weight excluding hydrogens is 228 g/mol. The molecule has 0 aliphatic carbocycles. The maximum absolute atomic E-state index is 8.69. The van der Waals surface area contributed by atoms with Crippen molar-refractivity contribution in [3.05, 3.63) is 53.7 Å². The minimum atomic E-state index is 0.378. The number of methoxy groups -OCH3 is 1. The number of nitrogens with zero attached hydrogens (tertiary/aromatic N) is 2. The molecule has 0 radical (unpaired) electrons. The second-order valence-corrected chi connectivity index (χ2v) is 3.60. The number of pyridine rings is 1. The van der Waals surface area contributed by atoms with E-state index < -0.39 is 0 Å². The van der Waals surface area contributed by atoms with Gasteiger partial charge in [-0.15, -0.1) is 0 Å². The van der Waals surface area contributed by atoms with Crippen LogP contribution in [-0.4, -0.2) is 12.1 Å². The van der Waals surface area contributed by atoms with Gasteiger partial charge in [0.05, 0.1) is 24.3 Å². The van der Waals surface area contributed by atoms with Crippen molar-refractivity contribution < 1.29 is 9.47 Å². The zero-order valence-electron chi connectivity index (χ0n) is 9.96. The van der Waals surface area contributed by atoms with E-state index in [1.54, 1.807) is 37.6 Å². The van der Waals surface area contributed by atoms with Crippen LogP contribution in [0.3, 0.4) is 0 Å². The lowest BCUT2D eigenvalue weighted by atomic mass is 10.2. The quantitative estimate of drug-likeness (QED) is 0.824. The molecule has 0 spiro atoms. The first-order valence-electron chi connectivity index (χ1n) is 5.44. The van der Waals surface area contributed by atoms with E-state index >= 15 is 0 Å². The minimum Gasteiger partial charge on any atom is -0.489 e. The smallest absolute Gasteiger partial charge is 0.219 e. The van der Waals surface area contributed by atoms with Gasteiger partial charge in [0.2, 0.25) is 5.88 Å². The number of nitriles is 1. The molecule has 0 aliphatic rings. The lowest BCUT2D eigenvalue weighted by Crippen LogP contribution is -2.00. The summed E-state index contributed by atoms with van der Waals surface area (Å²) < 4.78 is 10.7. The van der Waals surface area contributed by atoms with Crippen molar-refractivity contribution in [3.8, 4) is 17.7 Å². The Hall–Kier alpha value is -2.54. The minimum absolute atomic E-state index is 0.378. The fourth-order valence-corrected chi connectivity index (χ4v) is 1.50. The van der Waals surface area contributed by atoms with Gasteiger partial charge < -0.3 is 9.47 Å². The standard InChI is InChI=1S/C14H12N2O2/c1-17-14-12(3-2-8-16-14)10-18-13-6-4-11(9-15)5-7-13/h2-8H,10H2,1H3. The number of hydrogen-bond donors (Lipinski definition) is 0. The van der Waals surface area contributed by atoms with Gasteiger partial charge >= 0.3 is 0 Å². The lowest BCUT2D eigenvalue weighted by Gasteiger charge is -2.08. The molecule has 1 aromatic heterocycles. The van der Waals surface area contributed by atoms with E-state index in [1.807, 2.05) is 12.1 Å². The van der Waals surface area contributed by atoms with Crippen LogP contribution in [0.5, 0.6) is 11.6 Å². The predicted molar refractivity (Wildman–Crippen MR) is 66.3 cm³/mol. The van der Waals surface area contributed by atoms with E-state index in [-0.39, 0.29) is 0 Å². The highest BCUT2D eigenvalue weighted by molar-refractivity contribution is 5.35. The highest BCUT2D eigenvalue weighted by atomic mass is 16.5. The Kier molecular flexibility index (Phi) is 3.77. The van der Waals surface area contributed by atoms with E-state index in [4.69, 9.17) is 14.7 Å². The maximum Gasteiger partial charge on any atom is 0.219 e. The summed E-state index contributed by atoms with van der Waals surface area (Å²) in [5.74, 6) is 1.27. The Labute approximate surface area is 105 Å². The molecule has 90 valence electrons. The molecule has 0 N–H and O–H groups in total. The van der Waals surface area contributed by atoms with E-state index in [0.29, 0.717) is 23.8 Å². The Morgan fingerprint density at radius 2 is 2.00 bits per heavy atom. The Bertz CT molecular complexity index is 559. The summed E-state index contributed by atoms with van der Waals surface area (Å²) in [6, 6.07) is 12.8. The van der Waals surface area contributed by atoms with E-state index in [1.165, 1.54) is 0 Å². The summed E-state index contributed by atoms with van der Waals surface area (Å²) in [7, 11) is 1.58. The summed E-state index contributed by atoms with van der Waals surface area (Å²) in [6.07, 6.45) is 1.67. The number of hydrogen-bond acceptors (Lipinski definition) is 4. The van der Waals surface area contributed by atoms with Crippen LogP contribution in [0.4, 0.5) is 0 Å². The summed E-state index contributed by atoms with van der Waals surface area (Å²) in [4.78, 5) is 4.09. The van der Waals surface area contributed by atoms with Crippen LogP contribution in [0.15, 0.2) is 42.6 Å². The third-order valence-electron chi connectivity index (χ3n) is 2.42. The molecule has 4 heteroatoms. The lowest BCUT2D eigenvalue weighted by molar-refractivity contribution is 0.294. The third kappa shape index (κ3) is 2.77. The Morgan fingerprint density at radius 1 is 1.22 bits per heavy atom. The van der Waals surface area contributed by atoms with Gasteiger partial charge in [0.25, 0.3) is 0 Å². The van der Waals surface area contributed by atoms with Crippen molar-refractivity contribution in [3.63, 3.8) is 0 Å². The summed E-state index contributed by atoms with van der Waals surface area (Å²) in [5, 5.41) is 8.69. The number of benzene rings is 1. The van der Waals surface area contributed by atoms with Crippen molar-refractivity contribution in [1.29, 1.82) is 5.26 Å². The monoisotopic (exact) mass is 240 g/mol. The fraction of sp³-hybridized carbons (Fsp3) is 0.143. The molecule has 1 aromatic carbocycles. The molecule has 0 aliphatic heterocycles. The van der Waals surface area contributed by atoms with E-state index in [2.05, 4.69) is 11.1 Å². The molecule has 4 nitrogen and oxygen atoms in total. The molecule has 0 saturated heterocycles. The molecule has 0 atom stereocenters. The number of rotatable bonds is 4. The first-order chi connectivity index (χ1) is 8.83. The van der Waals surface area contributed by atoms with Gasteiger partial charge in [-0.25, -0.2) is 4.98 Å². The molecule has 0 saturated carbocycles. The van der Waals surface area contributed by atoms with E-state index in [9.17, 15) is 0 Å². The normalized spacial score (nSPS) is 9.56. The number of ether oxygens (including phenoxy) is 2. The zero-order chi connectivity index (χ0) is 12.8. The van der Waals surface area contributed by atoms with Gasteiger partial charge in [0, 0.05) is 6.20 Å². The van der Waals surface area contributed by atoms with Gasteiger partial charge in [0.1, 0.15) is 12.4 Å². The van der Waals surface area contributed by atoms with Crippen LogP contribution < -0.4 is 9.47 Å². The van der Waals surface area contributed by atoms with Crippen LogP contribution in [0.25, 0.3) is 0 Å². The molecule has 0 unspecified atom stereocenters. The van der Waals surface area contributed by atoms with Crippen molar-refractivity contribution in [2.24, 2.45) is 0 Å². The van der Waals surface area contributed by atoms with Crippen LogP contribution in [0, 0.1) is 11.3 Å². The second-order valence-electron chi connectivity index (χ2n) is 3.60. The average Bonchev–Trinajstić information content (AvgIpc) is 2.46. The van der Waals surface area contributed by atoms with Crippen molar-refractivity contribution in [2.45, 2.75) is 6.61 Å².